The average Bonchev–Trinajstić information content (AvgIpc) is 3.31. The summed E-state index contributed by atoms with van der Waals surface area (Å²) in [4.78, 5) is 16.3. The van der Waals surface area contributed by atoms with Gasteiger partial charge >= 0.3 is 0 Å². The number of hydrogen-bond donors (Lipinski definition) is 1. The number of carbonyl (C=O) groups excluding carboxylic acids is 1. The summed E-state index contributed by atoms with van der Waals surface area (Å²) in [5.41, 5.74) is 2.10. The molecule has 25 heavy (non-hydrogen) atoms. The van der Waals surface area contributed by atoms with Crippen molar-refractivity contribution in [3.8, 4) is 11.6 Å². The predicted octanol–water partition coefficient (Wildman–Crippen LogP) is 2.73. The highest BCUT2D eigenvalue weighted by molar-refractivity contribution is 5.76. The molecule has 1 aromatic carbocycles. The highest BCUT2D eigenvalue weighted by Gasteiger charge is 2.12. The van der Waals surface area contributed by atoms with Crippen LogP contribution in [-0.4, -0.2) is 23.2 Å². The minimum absolute atomic E-state index is 0.0787. The molecule has 1 amide bonds. The van der Waals surface area contributed by atoms with Crippen molar-refractivity contribution in [2.45, 2.75) is 26.0 Å². The predicted molar refractivity (Wildman–Crippen MR) is 89.3 cm³/mol. The molecule has 130 valence electrons. The van der Waals surface area contributed by atoms with Crippen molar-refractivity contribution >= 4 is 5.91 Å². The maximum absolute atomic E-state index is 12.0. The zero-order valence-electron chi connectivity index (χ0n) is 13.9. The summed E-state index contributed by atoms with van der Waals surface area (Å²) in [6, 6.07) is 11.3. The van der Waals surface area contributed by atoms with Gasteiger partial charge in [0.25, 0.3) is 0 Å². The van der Waals surface area contributed by atoms with Gasteiger partial charge in [-0.15, -0.1) is 0 Å². The smallest absolute Gasteiger partial charge is 0.238 e. The Hall–Kier alpha value is -2.93. The maximum atomic E-state index is 12.0. The quantitative estimate of drug-likeness (QED) is 0.677. The Bertz CT molecular complexity index is 811. The number of hydrogen-bond acceptors (Lipinski definition) is 6. The molecule has 0 aliphatic rings. The fourth-order valence-corrected chi connectivity index (χ4v) is 2.39. The highest BCUT2D eigenvalue weighted by atomic mass is 16.5. The molecule has 0 atom stereocenters. The van der Waals surface area contributed by atoms with Gasteiger partial charge in [-0.3, -0.25) is 4.79 Å². The van der Waals surface area contributed by atoms with Gasteiger partial charge in [-0.1, -0.05) is 29.4 Å². The van der Waals surface area contributed by atoms with E-state index in [0.29, 0.717) is 37.0 Å². The molecule has 0 bridgehead atoms. The van der Waals surface area contributed by atoms with Crippen LogP contribution in [0.4, 0.5) is 0 Å². The molecule has 0 aliphatic carbocycles. The molecule has 7 nitrogen and oxygen atoms in total. The van der Waals surface area contributed by atoms with Gasteiger partial charge in [-0.2, -0.15) is 4.98 Å². The summed E-state index contributed by atoms with van der Waals surface area (Å²) in [7, 11) is 1.65. The second-order valence-corrected chi connectivity index (χ2v) is 5.47. The molecule has 0 saturated carbocycles. The van der Waals surface area contributed by atoms with E-state index in [1.165, 1.54) is 0 Å². The molecule has 0 spiro atoms. The lowest BCUT2D eigenvalue weighted by Crippen LogP contribution is -2.23. The first-order valence-electron chi connectivity index (χ1n) is 7.95. The van der Waals surface area contributed by atoms with E-state index in [9.17, 15) is 4.79 Å². The minimum atomic E-state index is -0.0787. The van der Waals surface area contributed by atoms with Crippen molar-refractivity contribution in [3.05, 3.63) is 59.7 Å². The first-order valence-corrected chi connectivity index (χ1v) is 7.95. The Morgan fingerprint density at radius 3 is 2.80 bits per heavy atom. The molecule has 2 heterocycles. The Kier molecular flexibility index (Phi) is 5.58. The third kappa shape index (κ3) is 4.54. The molecule has 2 aromatic heterocycles. The number of rotatable bonds is 8. The van der Waals surface area contributed by atoms with Gasteiger partial charge in [-0.25, -0.2) is 0 Å². The zero-order valence-corrected chi connectivity index (χ0v) is 13.9. The number of nitrogens with one attached hydrogen (secondary N) is 1. The number of amides is 1. The summed E-state index contributed by atoms with van der Waals surface area (Å²) >= 11 is 0. The molecule has 1 N–H and O–H groups in total. The number of methoxy groups -OCH3 is 1. The van der Waals surface area contributed by atoms with E-state index in [1.807, 2.05) is 24.3 Å². The van der Waals surface area contributed by atoms with E-state index in [2.05, 4.69) is 15.5 Å². The van der Waals surface area contributed by atoms with Gasteiger partial charge in [0.1, 0.15) is 0 Å². The van der Waals surface area contributed by atoms with E-state index < -0.39 is 0 Å². The van der Waals surface area contributed by atoms with Crippen LogP contribution in [-0.2, 0) is 29.1 Å². The van der Waals surface area contributed by atoms with Gasteiger partial charge in [0, 0.05) is 26.5 Å². The lowest BCUT2D eigenvalue weighted by atomic mass is 10.1. The molecule has 0 fully saturated rings. The van der Waals surface area contributed by atoms with Crippen LogP contribution in [0.15, 0.2) is 51.6 Å². The summed E-state index contributed by atoms with van der Waals surface area (Å²) in [6.45, 7) is 0.976. The van der Waals surface area contributed by atoms with Crippen molar-refractivity contribution < 1.29 is 18.5 Å². The highest BCUT2D eigenvalue weighted by Crippen LogP contribution is 2.16. The van der Waals surface area contributed by atoms with Crippen molar-refractivity contribution in [2.75, 3.05) is 7.11 Å². The summed E-state index contributed by atoms with van der Waals surface area (Å²) < 4.78 is 15.5. The van der Waals surface area contributed by atoms with E-state index in [1.54, 1.807) is 25.5 Å². The summed E-state index contributed by atoms with van der Waals surface area (Å²) in [5.74, 6) is 1.24. The number of benzene rings is 1. The largest absolute Gasteiger partial charge is 0.461 e. The number of nitrogens with zero attached hydrogens (tertiary/aromatic N) is 2. The van der Waals surface area contributed by atoms with Crippen LogP contribution in [0.25, 0.3) is 11.6 Å². The van der Waals surface area contributed by atoms with E-state index in [0.717, 1.165) is 11.1 Å². The third-order valence-corrected chi connectivity index (χ3v) is 3.67. The molecule has 7 heteroatoms. The topological polar surface area (TPSA) is 90.4 Å². The Labute approximate surface area is 145 Å². The lowest BCUT2D eigenvalue weighted by Gasteiger charge is -2.09. The SMILES string of the molecule is COCc1ccccc1CNC(=O)CCc1nc(-c2ccco2)no1. The second-order valence-electron chi connectivity index (χ2n) is 5.47. The van der Waals surface area contributed by atoms with E-state index in [-0.39, 0.29) is 12.3 Å². The minimum Gasteiger partial charge on any atom is -0.461 e. The van der Waals surface area contributed by atoms with Crippen molar-refractivity contribution in [2.24, 2.45) is 0 Å². The van der Waals surface area contributed by atoms with E-state index >= 15 is 0 Å². The van der Waals surface area contributed by atoms with Crippen molar-refractivity contribution in [1.29, 1.82) is 0 Å². The van der Waals surface area contributed by atoms with Gasteiger partial charge in [0.05, 0.1) is 12.9 Å². The summed E-state index contributed by atoms with van der Waals surface area (Å²) in [5, 5.41) is 6.74. The van der Waals surface area contributed by atoms with Gasteiger partial charge < -0.3 is 19.0 Å². The van der Waals surface area contributed by atoms with Crippen LogP contribution >= 0.6 is 0 Å². The maximum Gasteiger partial charge on any atom is 0.238 e. The number of aryl methyl sites for hydroxylation is 1. The lowest BCUT2D eigenvalue weighted by molar-refractivity contribution is -0.121. The fraction of sp³-hybridized carbons (Fsp3) is 0.278. The average molecular weight is 341 g/mol. The van der Waals surface area contributed by atoms with Gasteiger partial charge in [-0.05, 0) is 23.3 Å². The van der Waals surface area contributed by atoms with Gasteiger partial charge in [0.15, 0.2) is 5.76 Å². The van der Waals surface area contributed by atoms with Gasteiger partial charge in [0.2, 0.25) is 17.6 Å². The number of furan rings is 1. The monoisotopic (exact) mass is 341 g/mol. The Morgan fingerprint density at radius 1 is 1.20 bits per heavy atom. The number of ether oxygens (including phenoxy) is 1. The van der Waals surface area contributed by atoms with Crippen molar-refractivity contribution in [3.63, 3.8) is 0 Å². The summed E-state index contributed by atoms with van der Waals surface area (Å²) in [6.07, 6.45) is 2.19. The first-order chi connectivity index (χ1) is 12.3. The molecule has 0 aliphatic heterocycles. The molecule has 3 rings (SSSR count). The Morgan fingerprint density at radius 2 is 2.04 bits per heavy atom. The Balaban J connectivity index is 1.49. The molecular weight excluding hydrogens is 322 g/mol. The van der Waals surface area contributed by atoms with Crippen molar-refractivity contribution in [1.82, 2.24) is 15.5 Å². The van der Waals surface area contributed by atoms with Crippen LogP contribution in [0.2, 0.25) is 0 Å². The normalized spacial score (nSPS) is 10.8. The first kappa shape index (κ1) is 16.9. The van der Waals surface area contributed by atoms with Crippen LogP contribution in [0.3, 0.4) is 0 Å². The molecule has 0 saturated heterocycles. The second kappa shape index (κ2) is 8.25. The number of carbonyl (C=O) groups is 1. The third-order valence-electron chi connectivity index (χ3n) is 3.67. The standard InChI is InChI=1S/C18H19N3O4/c1-23-12-14-6-3-2-5-13(14)11-19-16(22)8-9-17-20-18(21-25-17)15-7-4-10-24-15/h2-7,10H,8-9,11-12H2,1H3,(H,19,22). The molecule has 0 radical (unpaired) electrons. The van der Waals surface area contributed by atoms with E-state index in [4.69, 9.17) is 13.7 Å². The molecule has 3 aromatic rings. The fourth-order valence-electron chi connectivity index (χ4n) is 2.39. The van der Waals surface area contributed by atoms with Crippen LogP contribution in [0, 0.1) is 0 Å². The molecular formula is C18H19N3O4. The number of aromatic nitrogens is 2. The van der Waals surface area contributed by atoms with Crippen LogP contribution in [0.5, 0.6) is 0 Å². The van der Waals surface area contributed by atoms with Crippen LogP contribution in [0.1, 0.15) is 23.4 Å². The zero-order chi connectivity index (χ0) is 17.5. The molecule has 0 unspecified atom stereocenters. The van der Waals surface area contributed by atoms with Crippen LogP contribution < -0.4 is 5.32 Å².